The van der Waals surface area contributed by atoms with Crippen molar-refractivity contribution in [3.63, 3.8) is 0 Å². The van der Waals surface area contributed by atoms with Crippen LogP contribution in [0.5, 0.6) is 5.75 Å². The van der Waals surface area contributed by atoms with Crippen molar-refractivity contribution in [1.82, 2.24) is 4.57 Å². The molecule has 0 bridgehead atoms. The molecule has 3 aromatic rings. The molecule has 0 spiro atoms. The number of carbonyl (C=O) groups excluding carboxylic acids is 1. The first-order valence-corrected chi connectivity index (χ1v) is 11.0. The Morgan fingerprint density at radius 3 is 2.58 bits per heavy atom. The molecule has 2 heterocycles. The Morgan fingerprint density at radius 2 is 1.88 bits per heavy atom. The maximum absolute atomic E-state index is 13.5. The number of rotatable bonds is 6. The van der Waals surface area contributed by atoms with Gasteiger partial charge in [-0.15, -0.1) is 0 Å². The molecular formula is C24H20F2N2O4S. The number of nitrogens with zero attached hydrogens (tertiary/aromatic N) is 2. The number of hydrogen-bond acceptors (Lipinski definition) is 6. The van der Waals surface area contributed by atoms with Crippen molar-refractivity contribution in [2.75, 3.05) is 6.61 Å². The molecule has 0 radical (unpaired) electrons. The van der Waals surface area contributed by atoms with E-state index in [1.807, 2.05) is 30.3 Å². The van der Waals surface area contributed by atoms with Gasteiger partial charge in [0.25, 0.3) is 5.56 Å². The molecule has 0 fully saturated rings. The Hall–Kier alpha value is -3.59. The molecule has 6 nitrogen and oxygen atoms in total. The van der Waals surface area contributed by atoms with E-state index in [9.17, 15) is 18.4 Å². The molecule has 33 heavy (non-hydrogen) atoms. The molecule has 0 unspecified atom stereocenters. The Morgan fingerprint density at radius 1 is 1.18 bits per heavy atom. The molecular weight excluding hydrogens is 450 g/mol. The van der Waals surface area contributed by atoms with E-state index >= 15 is 0 Å². The van der Waals surface area contributed by atoms with Crippen LogP contribution in [0, 0.1) is 0 Å². The maximum Gasteiger partial charge on any atom is 0.387 e. The van der Waals surface area contributed by atoms with E-state index in [1.54, 1.807) is 32.0 Å². The number of thiazole rings is 1. The summed E-state index contributed by atoms with van der Waals surface area (Å²) in [6, 6.07) is 14.6. The third-order valence-corrected chi connectivity index (χ3v) is 6.04. The topological polar surface area (TPSA) is 69.9 Å². The largest absolute Gasteiger partial charge is 0.463 e. The Labute approximate surface area is 191 Å². The Balaban J connectivity index is 1.93. The van der Waals surface area contributed by atoms with Crippen LogP contribution in [0.3, 0.4) is 0 Å². The smallest absolute Gasteiger partial charge is 0.387 e. The molecule has 0 saturated carbocycles. The fourth-order valence-electron chi connectivity index (χ4n) is 3.69. The average Bonchev–Trinajstić information content (AvgIpc) is 3.09. The van der Waals surface area contributed by atoms with Gasteiger partial charge in [0, 0.05) is 5.56 Å². The molecule has 2 aromatic carbocycles. The summed E-state index contributed by atoms with van der Waals surface area (Å²) in [7, 11) is 0. The lowest BCUT2D eigenvalue weighted by Gasteiger charge is -2.24. The van der Waals surface area contributed by atoms with Crippen molar-refractivity contribution in [2.45, 2.75) is 26.5 Å². The average molecular weight is 470 g/mol. The monoisotopic (exact) mass is 470 g/mol. The molecule has 1 atom stereocenters. The standard InChI is InChI=1S/C24H20F2N2O4S/c1-3-31-22(30)19-14(2)27-24-28(20(19)15-9-5-4-6-10-15)21(29)18(33-24)13-16-11-7-8-12-17(16)32-23(25)26/h4-13,20,23H,3H2,1-2H3/b18-13+/t20-/m1/s1. The van der Waals surface area contributed by atoms with Gasteiger partial charge in [0.15, 0.2) is 4.80 Å². The van der Waals surface area contributed by atoms with Crippen LogP contribution in [0.15, 0.2) is 75.7 Å². The second-order valence-corrected chi connectivity index (χ2v) is 8.14. The van der Waals surface area contributed by atoms with Gasteiger partial charge in [0.2, 0.25) is 0 Å². The Bertz CT molecular complexity index is 1390. The number of carbonyl (C=O) groups is 1. The van der Waals surface area contributed by atoms with Crippen molar-refractivity contribution >= 4 is 23.4 Å². The van der Waals surface area contributed by atoms with Crippen molar-refractivity contribution < 1.29 is 23.0 Å². The number of para-hydroxylation sites is 1. The maximum atomic E-state index is 13.5. The summed E-state index contributed by atoms with van der Waals surface area (Å²) in [6.07, 6.45) is 1.49. The van der Waals surface area contributed by atoms with E-state index in [0.29, 0.717) is 16.1 Å². The molecule has 9 heteroatoms. The number of hydrogen-bond donors (Lipinski definition) is 0. The summed E-state index contributed by atoms with van der Waals surface area (Å²) in [4.78, 5) is 31.2. The van der Waals surface area contributed by atoms with Crippen LogP contribution in [0.25, 0.3) is 6.08 Å². The highest BCUT2D eigenvalue weighted by atomic mass is 32.1. The molecule has 170 valence electrons. The zero-order chi connectivity index (χ0) is 23.5. The lowest BCUT2D eigenvalue weighted by Crippen LogP contribution is -2.39. The quantitative estimate of drug-likeness (QED) is 0.518. The molecule has 1 aliphatic heterocycles. The van der Waals surface area contributed by atoms with Crippen LogP contribution in [0.4, 0.5) is 8.78 Å². The van der Waals surface area contributed by atoms with Gasteiger partial charge in [0.05, 0.1) is 28.5 Å². The van der Waals surface area contributed by atoms with Crippen molar-refractivity contribution in [1.29, 1.82) is 0 Å². The fourth-order valence-corrected chi connectivity index (χ4v) is 4.72. The second kappa shape index (κ2) is 9.50. The number of ether oxygens (including phenoxy) is 2. The predicted molar refractivity (Wildman–Crippen MR) is 120 cm³/mol. The van der Waals surface area contributed by atoms with E-state index < -0.39 is 24.2 Å². The van der Waals surface area contributed by atoms with E-state index in [4.69, 9.17) is 4.74 Å². The van der Waals surface area contributed by atoms with E-state index in [2.05, 4.69) is 9.73 Å². The summed E-state index contributed by atoms with van der Waals surface area (Å²) < 4.78 is 37.2. The van der Waals surface area contributed by atoms with Gasteiger partial charge < -0.3 is 9.47 Å². The van der Waals surface area contributed by atoms with Gasteiger partial charge in [-0.3, -0.25) is 9.36 Å². The van der Waals surface area contributed by atoms with E-state index in [0.717, 1.165) is 16.9 Å². The second-order valence-electron chi connectivity index (χ2n) is 7.13. The van der Waals surface area contributed by atoms with Gasteiger partial charge in [-0.2, -0.15) is 8.78 Å². The molecule has 0 amide bonds. The highest BCUT2D eigenvalue weighted by Gasteiger charge is 2.33. The minimum atomic E-state index is -2.99. The lowest BCUT2D eigenvalue weighted by atomic mass is 9.96. The first-order valence-electron chi connectivity index (χ1n) is 10.2. The normalized spacial score (nSPS) is 15.9. The predicted octanol–water partition coefficient (Wildman–Crippen LogP) is 3.40. The Kier molecular flexibility index (Phi) is 6.50. The fraction of sp³-hybridized carbons (Fsp3) is 0.208. The van der Waals surface area contributed by atoms with Crippen molar-refractivity contribution in [3.8, 4) is 5.75 Å². The molecule has 0 N–H and O–H groups in total. The minimum absolute atomic E-state index is 0.0404. The van der Waals surface area contributed by atoms with Crippen LogP contribution in [0.1, 0.15) is 31.0 Å². The van der Waals surface area contributed by atoms with Crippen LogP contribution in [-0.2, 0) is 9.53 Å². The summed E-state index contributed by atoms with van der Waals surface area (Å²) in [5.41, 5.74) is 1.40. The van der Waals surface area contributed by atoms with Crippen molar-refractivity contribution in [2.24, 2.45) is 4.99 Å². The van der Waals surface area contributed by atoms with Crippen LogP contribution in [-0.4, -0.2) is 23.8 Å². The molecule has 0 saturated heterocycles. The summed E-state index contributed by atoms with van der Waals surface area (Å²) in [6.45, 7) is 0.598. The minimum Gasteiger partial charge on any atom is -0.463 e. The third kappa shape index (κ3) is 4.49. The number of esters is 1. The van der Waals surface area contributed by atoms with E-state index in [-0.39, 0.29) is 22.5 Å². The van der Waals surface area contributed by atoms with E-state index in [1.165, 1.54) is 16.7 Å². The number of alkyl halides is 2. The van der Waals surface area contributed by atoms with Gasteiger partial charge in [-0.1, -0.05) is 59.9 Å². The van der Waals surface area contributed by atoms with Gasteiger partial charge >= 0.3 is 12.6 Å². The SMILES string of the molecule is CCOC(=O)C1=C(C)N=c2s/c(=C/c3ccccc3OC(F)F)c(=O)n2[C@@H]1c1ccccc1. The van der Waals surface area contributed by atoms with Gasteiger partial charge in [-0.25, -0.2) is 9.79 Å². The van der Waals surface area contributed by atoms with Gasteiger partial charge in [0.1, 0.15) is 5.75 Å². The van der Waals surface area contributed by atoms with Crippen LogP contribution < -0.4 is 19.6 Å². The number of allylic oxidation sites excluding steroid dienone is 1. The third-order valence-electron chi connectivity index (χ3n) is 5.05. The lowest BCUT2D eigenvalue weighted by molar-refractivity contribution is -0.139. The first-order chi connectivity index (χ1) is 15.9. The molecule has 1 aliphatic rings. The number of benzene rings is 2. The zero-order valence-electron chi connectivity index (χ0n) is 17.8. The highest BCUT2D eigenvalue weighted by Crippen LogP contribution is 2.30. The molecule has 4 rings (SSSR count). The summed E-state index contributed by atoms with van der Waals surface area (Å²) >= 11 is 1.11. The molecule has 0 aliphatic carbocycles. The first kappa shape index (κ1) is 22.6. The van der Waals surface area contributed by atoms with Crippen LogP contribution in [0.2, 0.25) is 0 Å². The summed E-state index contributed by atoms with van der Waals surface area (Å²) in [5, 5.41) is 0. The van der Waals surface area contributed by atoms with Gasteiger partial charge in [-0.05, 0) is 31.6 Å². The number of aromatic nitrogens is 1. The number of fused-ring (bicyclic) bond motifs is 1. The zero-order valence-corrected chi connectivity index (χ0v) is 18.6. The number of halogens is 2. The van der Waals surface area contributed by atoms with Crippen LogP contribution >= 0.6 is 11.3 Å². The highest BCUT2D eigenvalue weighted by molar-refractivity contribution is 7.07. The molecule has 1 aromatic heterocycles. The van der Waals surface area contributed by atoms with Crippen molar-refractivity contribution in [3.05, 3.63) is 96.7 Å². The summed E-state index contributed by atoms with van der Waals surface area (Å²) in [5.74, 6) is -0.584.